The van der Waals surface area contributed by atoms with Crippen molar-refractivity contribution in [2.45, 2.75) is 38.6 Å². The molecular weight excluding hydrogens is 226 g/mol. The molecule has 0 aliphatic heterocycles. The molecule has 0 spiro atoms. The summed E-state index contributed by atoms with van der Waals surface area (Å²) in [6.07, 6.45) is 6.92. The molecule has 0 saturated heterocycles. The molecule has 2 rings (SSSR count). The first kappa shape index (κ1) is 13.2. The van der Waals surface area contributed by atoms with Gasteiger partial charge in [-0.3, -0.25) is 0 Å². The van der Waals surface area contributed by atoms with Gasteiger partial charge in [-0.25, -0.2) is 0 Å². The lowest BCUT2D eigenvalue weighted by molar-refractivity contribution is 0.373. The summed E-state index contributed by atoms with van der Waals surface area (Å²) in [5.41, 5.74) is 1.10. The van der Waals surface area contributed by atoms with E-state index >= 15 is 0 Å². The first-order chi connectivity index (χ1) is 8.79. The lowest BCUT2D eigenvalue weighted by Gasteiger charge is -2.10. The van der Waals surface area contributed by atoms with E-state index < -0.39 is 0 Å². The van der Waals surface area contributed by atoms with Crippen LogP contribution < -0.4 is 10.1 Å². The van der Waals surface area contributed by atoms with E-state index in [1.165, 1.54) is 32.1 Å². The second-order valence-corrected chi connectivity index (χ2v) is 5.12. The molecule has 0 radical (unpaired) electrons. The van der Waals surface area contributed by atoms with Crippen molar-refractivity contribution in [1.82, 2.24) is 5.32 Å². The second kappa shape index (κ2) is 6.64. The van der Waals surface area contributed by atoms with E-state index in [1.54, 1.807) is 13.2 Å². The van der Waals surface area contributed by atoms with E-state index in [0.717, 1.165) is 24.6 Å². The Kier molecular flexibility index (Phi) is 4.88. The van der Waals surface area contributed by atoms with Gasteiger partial charge < -0.3 is 15.2 Å². The van der Waals surface area contributed by atoms with Crippen molar-refractivity contribution in [3.05, 3.63) is 23.8 Å². The fraction of sp³-hybridized carbons (Fsp3) is 0.600. The first-order valence-corrected chi connectivity index (χ1v) is 6.86. The number of phenolic OH excluding ortho intramolecular Hbond substituents is 1. The fourth-order valence-corrected chi connectivity index (χ4v) is 2.68. The molecule has 1 aromatic carbocycles. The van der Waals surface area contributed by atoms with Crippen LogP contribution in [-0.4, -0.2) is 18.8 Å². The molecule has 0 aromatic heterocycles. The van der Waals surface area contributed by atoms with Crippen LogP contribution in [0.4, 0.5) is 0 Å². The zero-order valence-electron chi connectivity index (χ0n) is 11.1. The van der Waals surface area contributed by atoms with Crippen molar-refractivity contribution in [1.29, 1.82) is 0 Å². The number of rotatable bonds is 6. The van der Waals surface area contributed by atoms with E-state index in [0.29, 0.717) is 5.75 Å². The van der Waals surface area contributed by atoms with Crippen molar-refractivity contribution >= 4 is 0 Å². The molecule has 1 fully saturated rings. The van der Waals surface area contributed by atoms with Gasteiger partial charge in [-0.1, -0.05) is 31.7 Å². The van der Waals surface area contributed by atoms with Crippen LogP contribution in [0.3, 0.4) is 0 Å². The van der Waals surface area contributed by atoms with Gasteiger partial charge in [0, 0.05) is 6.54 Å². The normalized spacial score (nSPS) is 16.1. The quantitative estimate of drug-likeness (QED) is 0.761. The van der Waals surface area contributed by atoms with Crippen molar-refractivity contribution in [3.8, 4) is 11.5 Å². The van der Waals surface area contributed by atoms with Crippen LogP contribution in [0.1, 0.15) is 37.7 Å². The van der Waals surface area contributed by atoms with Crippen LogP contribution in [0, 0.1) is 5.92 Å². The van der Waals surface area contributed by atoms with Gasteiger partial charge in [-0.2, -0.15) is 0 Å². The minimum absolute atomic E-state index is 0.215. The van der Waals surface area contributed by atoms with E-state index in [2.05, 4.69) is 5.32 Å². The summed E-state index contributed by atoms with van der Waals surface area (Å²) >= 11 is 0. The number of hydrogen-bond donors (Lipinski definition) is 2. The van der Waals surface area contributed by atoms with E-state index in [9.17, 15) is 5.11 Å². The summed E-state index contributed by atoms with van der Waals surface area (Å²) < 4.78 is 5.02. The number of benzene rings is 1. The fourth-order valence-electron chi connectivity index (χ4n) is 2.68. The summed E-state index contributed by atoms with van der Waals surface area (Å²) in [4.78, 5) is 0. The Morgan fingerprint density at radius 1 is 1.33 bits per heavy atom. The van der Waals surface area contributed by atoms with Crippen LogP contribution in [0.2, 0.25) is 0 Å². The number of nitrogens with one attached hydrogen (secondary N) is 1. The van der Waals surface area contributed by atoms with Crippen LogP contribution in [0.15, 0.2) is 18.2 Å². The molecule has 1 aliphatic rings. The predicted octanol–water partition coefficient (Wildman–Crippen LogP) is 3.07. The van der Waals surface area contributed by atoms with Gasteiger partial charge in [0.05, 0.1) is 7.11 Å². The number of aromatic hydroxyl groups is 1. The van der Waals surface area contributed by atoms with Gasteiger partial charge in [-0.15, -0.1) is 0 Å². The molecule has 0 heterocycles. The number of phenols is 1. The number of ether oxygens (including phenoxy) is 1. The average molecular weight is 249 g/mol. The second-order valence-electron chi connectivity index (χ2n) is 5.12. The Balaban J connectivity index is 1.71. The molecule has 2 N–H and O–H groups in total. The highest BCUT2D eigenvalue weighted by molar-refractivity contribution is 5.41. The Morgan fingerprint density at radius 3 is 2.78 bits per heavy atom. The molecule has 0 unspecified atom stereocenters. The summed E-state index contributed by atoms with van der Waals surface area (Å²) in [5.74, 6) is 1.68. The molecule has 1 aliphatic carbocycles. The zero-order valence-corrected chi connectivity index (χ0v) is 11.1. The minimum atomic E-state index is 0.215. The Morgan fingerprint density at radius 2 is 2.11 bits per heavy atom. The first-order valence-electron chi connectivity index (χ1n) is 6.86. The van der Waals surface area contributed by atoms with Gasteiger partial charge in [0.1, 0.15) is 0 Å². The molecule has 18 heavy (non-hydrogen) atoms. The SMILES string of the molecule is COc1ccc(CNCCC2CCCC2)cc1O. The van der Waals surface area contributed by atoms with Crippen LogP contribution in [-0.2, 0) is 6.54 Å². The topological polar surface area (TPSA) is 41.5 Å². The van der Waals surface area contributed by atoms with Crippen LogP contribution >= 0.6 is 0 Å². The van der Waals surface area contributed by atoms with Crippen LogP contribution in [0.5, 0.6) is 11.5 Å². The van der Waals surface area contributed by atoms with Gasteiger partial charge >= 0.3 is 0 Å². The van der Waals surface area contributed by atoms with Gasteiger partial charge in [0.2, 0.25) is 0 Å². The monoisotopic (exact) mass is 249 g/mol. The maximum Gasteiger partial charge on any atom is 0.160 e. The Hall–Kier alpha value is -1.22. The van der Waals surface area contributed by atoms with E-state index in [1.807, 2.05) is 12.1 Å². The Bertz CT molecular complexity index is 373. The number of methoxy groups -OCH3 is 1. The van der Waals surface area contributed by atoms with Crippen molar-refractivity contribution in [2.24, 2.45) is 5.92 Å². The molecule has 3 nitrogen and oxygen atoms in total. The molecule has 0 atom stereocenters. The molecule has 0 bridgehead atoms. The summed E-state index contributed by atoms with van der Waals surface area (Å²) in [6, 6.07) is 5.56. The smallest absolute Gasteiger partial charge is 0.160 e. The lowest BCUT2D eigenvalue weighted by Crippen LogP contribution is -2.16. The largest absolute Gasteiger partial charge is 0.504 e. The summed E-state index contributed by atoms with van der Waals surface area (Å²) in [5, 5.41) is 13.1. The van der Waals surface area contributed by atoms with Crippen molar-refractivity contribution in [3.63, 3.8) is 0 Å². The summed E-state index contributed by atoms with van der Waals surface area (Å²) in [6.45, 7) is 1.88. The van der Waals surface area contributed by atoms with Crippen molar-refractivity contribution in [2.75, 3.05) is 13.7 Å². The Labute approximate surface area is 109 Å². The van der Waals surface area contributed by atoms with E-state index in [4.69, 9.17) is 4.74 Å². The lowest BCUT2D eigenvalue weighted by atomic mass is 10.0. The third kappa shape index (κ3) is 3.64. The third-order valence-electron chi connectivity index (χ3n) is 3.78. The maximum absolute atomic E-state index is 9.67. The average Bonchev–Trinajstić information content (AvgIpc) is 2.88. The molecule has 1 aromatic rings. The number of hydrogen-bond acceptors (Lipinski definition) is 3. The molecular formula is C15H23NO2. The molecule has 100 valence electrons. The summed E-state index contributed by atoms with van der Waals surface area (Å²) in [7, 11) is 1.56. The predicted molar refractivity (Wildman–Crippen MR) is 72.9 cm³/mol. The molecule has 1 saturated carbocycles. The third-order valence-corrected chi connectivity index (χ3v) is 3.78. The van der Waals surface area contributed by atoms with Gasteiger partial charge in [0.25, 0.3) is 0 Å². The standard InChI is InChI=1S/C15H23NO2/c1-18-15-7-6-13(10-14(15)17)11-16-9-8-12-4-2-3-5-12/h6-7,10,12,16-17H,2-5,8-9,11H2,1H3. The minimum Gasteiger partial charge on any atom is -0.504 e. The van der Waals surface area contributed by atoms with Gasteiger partial charge in [-0.05, 0) is 36.6 Å². The highest BCUT2D eigenvalue weighted by Gasteiger charge is 2.13. The van der Waals surface area contributed by atoms with Crippen LogP contribution in [0.25, 0.3) is 0 Å². The molecule has 3 heteroatoms. The highest BCUT2D eigenvalue weighted by atomic mass is 16.5. The van der Waals surface area contributed by atoms with Gasteiger partial charge in [0.15, 0.2) is 11.5 Å². The highest BCUT2D eigenvalue weighted by Crippen LogP contribution is 2.27. The van der Waals surface area contributed by atoms with E-state index in [-0.39, 0.29) is 5.75 Å². The van der Waals surface area contributed by atoms with Crippen molar-refractivity contribution < 1.29 is 9.84 Å². The maximum atomic E-state index is 9.67. The molecule has 0 amide bonds. The zero-order chi connectivity index (χ0) is 12.8.